The highest BCUT2D eigenvalue weighted by Gasteiger charge is 2.02. The number of fused-ring (bicyclic) bond motifs is 1. The molecule has 0 fully saturated rings. The van der Waals surface area contributed by atoms with Gasteiger partial charge in [0.1, 0.15) is 11.5 Å². The maximum atomic E-state index is 5.85. The molecule has 2 aromatic heterocycles. The number of hydrogen-bond donors (Lipinski definition) is 2. The van der Waals surface area contributed by atoms with E-state index < -0.39 is 0 Å². The lowest BCUT2D eigenvalue weighted by atomic mass is 10.2. The van der Waals surface area contributed by atoms with E-state index in [1.807, 2.05) is 28.8 Å². The Morgan fingerprint density at radius 3 is 3.20 bits per heavy atom. The van der Waals surface area contributed by atoms with Crippen molar-refractivity contribution in [3.8, 4) is 0 Å². The SMILES string of the molecule is CCC(N)CNc1cccc2nccn12. The zero-order valence-electron chi connectivity index (χ0n) is 8.85. The molecule has 1 atom stereocenters. The Balaban J connectivity index is 2.17. The van der Waals surface area contributed by atoms with Gasteiger partial charge in [-0.05, 0) is 18.6 Å². The zero-order valence-corrected chi connectivity index (χ0v) is 8.85. The molecule has 2 rings (SSSR count). The highest BCUT2D eigenvalue weighted by molar-refractivity contribution is 5.49. The van der Waals surface area contributed by atoms with Crippen LogP contribution in [0.25, 0.3) is 5.65 Å². The molecule has 3 N–H and O–H groups in total. The highest BCUT2D eigenvalue weighted by Crippen LogP contribution is 2.10. The maximum absolute atomic E-state index is 5.85. The van der Waals surface area contributed by atoms with Crippen molar-refractivity contribution in [2.45, 2.75) is 19.4 Å². The number of pyridine rings is 1. The van der Waals surface area contributed by atoms with Gasteiger partial charge in [0.2, 0.25) is 0 Å². The predicted molar refractivity (Wildman–Crippen MR) is 61.9 cm³/mol. The molecule has 4 nitrogen and oxygen atoms in total. The van der Waals surface area contributed by atoms with Gasteiger partial charge in [-0.3, -0.25) is 4.40 Å². The Bertz CT molecular complexity index is 435. The minimum Gasteiger partial charge on any atom is -0.370 e. The topological polar surface area (TPSA) is 55.3 Å². The largest absolute Gasteiger partial charge is 0.370 e. The normalized spacial score (nSPS) is 12.9. The van der Waals surface area contributed by atoms with Crippen molar-refractivity contribution in [1.82, 2.24) is 9.38 Å². The summed E-state index contributed by atoms with van der Waals surface area (Å²) in [7, 11) is 0. The summed E-state index contributed by atoms with van der Waals surface area (Å²) in [6.07, 6.45) is 4.71. The molecule has 0 amide bonds. The Hall–Kier alpha value is -1.55. The Kier molecular flexibility index (Phi) is 2.87. The van der Waals surface area contributed by atoms with Gasteiger partial charge >= 0.3 is 0 Å². The molecule has 0 aliphatic carbocycles. The summed E-state index contributed by atoms with van der Waals surface area (Å²) in [5, 5.41) is 3.32. The lowest BCUT2D eigenvalue weighted by Gasteiger charge is -2.12. The fourth-order valence-electron chi connectivity index (χ4n) is 1.47. The Morgan fingerprint density at radius 2 is 2.40 bits per heavy atom. The van der Waals surface area contributed by atoms with E-state index in [1.54, 1.807) is 6.20 Å². The van der Waals surface area contributed by atoms with Gasteiger partial charge in [0, 0.05) is 25.0 Å². The van der Waals surface area contributed by atoms with Gasteiger partial charge in [0.15, 0.2) is 0 Å². The summed E-state index contributed by atoms with van der Waals surface area (Å²) in [5.41, 5.74) is 6.80. The predicted octanol–water partition coefficient (Wildman–Crippen LogP) is 1.48. The van der Waals surface area contributed by atoms with Crippen molar-refractivity contribution in [3.05, 3.63) is 30.6 Å². The number of imidazole rings is 1. The molecule has 0 bridgehead atoms. The van der Waals surface area contributed by atoms with E-state index in [9.17, 15) is 0 Å². The lowest BCUT2D eigenvalue weighted by molar-refractivity contribution is 0.677. The summed E-state index contributed by atoms with van der Waals surface area (Å²) >= 11 is 0. The van der Waals surface area contributed by atoms with E-state index in [1.165, 1.54) is 0 Å². The molecule has 15 heavy (non-hydrogen) atoms. The van der Waals surface area contributed by atoms with Crippen molar-refractivity contribution < 1.29 is 0 Å². The standard InChI is InChI=1S/C11H16N4/c1-2-9(12)8-14-11-5-3-4-10-13-6-7-15(10)11/h3-7,9,14H,2,8,12H2,1H3. The number of nitrogens with two attached hydrogens (primary N) is 1. The molecule has 0 aromatic carbocycles. The van der Waals surface area contributed by atoms with E-state index in [2.05, 4.69) is 17.2 Å². The first kappa shape index (κ1) is 9.98. The monoisotopic (exact) mass is 204 g/mol. The molecule has 4 heteroatoms. The molecule has 0 radical (unpaired) electrons. The van der Waals surface area contributed by atoms with Gasteiger partial charge in [-0.1, -0.05) is 13.0 Å². The maximum Gasteiger partial charge on any atom is 0.138 e. The Morgan fingerprint density at radius 1 is 1.53 bits per heavy atom. The minimum atomic E-state index is 0.198. The van der Waals surface area contributed by atoms with Crippen LogP contribution in [0.3, 0.4) is 0 Å². The summed E-state index contributed by atoms with van der Waals surface area (Å²) in [4.78, 5) is 4.22. The van der Waals surface area contributed by atoms with E-state index in [-0.39, 0.29) is 6.04 Å². The van der Waals surface area contributed by atoms with Crippen LogP contribution in [0.4, 0.5) is 5.82 Å². The number of nitrogens with zero attached hydrogens (tertiary/aromatic N) is 2. The average Bonchev–Trinajstić information content (AvgIpc) is 2.74. The second-order valence-electron chi connectivity index (χ2n) is 3.62. The molecular weight excluding hydrogens is 188 g/mol. The van der Waals surface area contributed by atoms with Gasteiger partial charge in [-0.2, -0.15) is 0 Å². The molecule has 1 unspecified atom stereocenters. The second-order valence-corrected chi connectivity index (χ2v) is 3.62. The summed E-state index contributed by atoms with van der Waals surface area (Å²) in [6.45, 7) is 2.87. The molecule has 0 aliphatic heterocycles. The molecule has 0 saturated heterocycles. The molecule has 80 valence electrons. The van der Waals surface area contributed by atoms with E-state index in [0.717, 1.165) is 24.4 Å². The molecule has 2 heterocycles. The first-order valence-electron chi connectivity index (χ1n) is 5.23. The van der Waals surface area contributed by atoms with Gasteiger partial charge in [0.25, 0.3) is 0 Å². The van der Waals surface area contributed by atoms with Crippen molar-refractivity contribution >= 4 is 11.5 Å². The quantitative estimate of drug-likeness (QED) is 0.793. The molecule has 2 aromatic rings. The van der Waals surface area contributed by atoms with E-state index in [0.29, 0.717) is 0 Å². The van der Waals surface area contributed by atoms with Crippen LogP contribution >= 0.6 is 0 Å². The molecule has 0 saturated carbocycles. The van der Waals surface area contributed by atoms with Crippen LogP contribution in [0, 0.1) is 0 Å². The smallest absolute Gasteiger partial charge is 0.138 e. The number of anilines is 1. The van der Waals surface area contributed by atoms with Crippen LogP contribution in [0.1, 0.15) is 13.3 Å². The molecule has 0 spiro atoms. The van der Waals surface area contributed by atoms with Crippen LogP contribution in [-0.2, 0) is 0 Å². The van der Waals surface area contributed by atoms with Crippen molar-refractivity contribution in [1.29, 1.82) is 0 Å². The van der Waals surface area contributed by atoms with Crippen molar-refractivity contribution in [2.75, 3.05) is 11.9 Å². The summed E-state index contributed by atoms with van der Waals surface area (Å²) in [6, 6.07) is 6.19. The summed E-state index contributed by atoms with van der Waals surface area (Å²) in [5.74, 6) is 1.04. The van der Waals surface area contributed by atoms with E-state index >= 15 is 0 Å². The third kappa shape index (κ3) is 2.10. The Labute approximate surface area is 89.1 Å². The zero-order chi connectivity index (χ0) is 10.7. The molecule has 0 aliphatic rings. The molecular formula is C11H16N4. The lowest BCUT2D eigenvalue weighted by Crippen LogP contribution is -2.28. The minimum absolute atomic E-state index is 0.198. The third-order valence-electron chi connectivity index (χ3n) is 2.50. The highest BCUT2D eigenvalue weighted by atomic mass is 15.1. The number of hydrogen-bond acceptors (Lipinski definition) is 3. The van der Waals surface area contributed by atoms with Gasteiger partial charge < -0.3 is 11.1 Å². The fourth-order valence-corrected chi connectivity index (χ4v) is 1.47. The average molecular weight is 204 g/mol. The van der Waals surface area contributed by atoms with Gasteiger partial charge in [-0.25, -0.2) is 4.98 Å². The van der Waals surface area contributed by atoms with Crippen molar-refractivity contribution in [2.24, 2.45) is 5.73 Å². The van der Waals surface area contributed by atoms with Gasteiger partial charge in [-0.15, -0.1) is 0 Å². The first-order valence-corrected chi connectivity index (χ1v) is 5.23. The summed E-state index contributed by atoms with van der Waals surface area (Å²) < 4.78 is 2.02. The number of aromatic nitrogens is 2. The van der Waals surface area contributed by atoms with Crippen LogP contribution < -0.4 is 11.1 Å². The second kappa shape index (κ2) is 4.31. The number of rotatable bonds is 4. The number of nitrogens with one attached hydrogen (secondary N) is 1. The van der Waals surface area contributed by atoms with Crippen LogP contribution in [0.2, 0.25) is 0 Å². The third-order valence-corrected chi connectivity index (χ3v) is 2.50. The van der Waals surface area contributed by atoms with E-state index in [4.69, 9.17) is 5.73 Å². The van der Waals surface area contributed by atoms with Crippen LogP contribution in [0.15, 0.2) is 30.6 Å². The van der Waals surface area contributed by atoms with Crippen LogP contribution in [-0.4, -0.2) is 22.0 Å². The van der Waals surface area contributed by atoms with Gasteiger partial charge in [0.05, 0.1) is 0 Å². The first-order chi connectivity index (χ1) is 7.31. The van der Waals surface area contributed by atoms with Crippen molar-refractivity contribution in [3.63, 3.8) is 0 Å². The fraction of sp³-hybridized carbons (Fsp3) is 0.364. The van der Waals surface area contributed by atoms with Crippen LogP contribution in [0.5, 0.6) is 0 Å².